The van der Waals surface area contributed by atoms with Crippen LogP contribution in [0.1, 0.15) is 13.3 Å². The largest absolute Gasteiger partial charge is 0.481 e. The number of nitrogens with one attached hydrogen (secondary N) is 1. The van der Waals surface area contributed by atoms with Crippen LogP contribution in [-0.4, -0.2) is 11.9 Å². The number of rotatable bonds is 4. The third-order valence-corrected chi connectivity index (χ3v) is 2.74. The van der Waals surface area contributed by atoms with Crippen molar-refractivity contribution in [3.63, 3.8) is 0 Å². The second kappa shape index (κ2) is 5.37. The summed E-state index contributed by atoms with van der Waals surface area (Å²) in [7, 11) is 0. The molecular weight excluding hydrogens is 279 g/mol. The second-order valence-electron chi connectivity index (χ2n) is 3.04. The molecule has 0 fully saturated rings. The predicted molar refractivity (Wildman–Crippen MR) is 65.8 cm³/mol. The lowest BCUT2D eigenvalue weighted by atomic mass is 10.2. The van der Waals surface area contributed by atoms with Gasteiger partial charge in [0.15, 0.2) is 6.10 Å². The van der Waals surface area contributed by atoms with E-state index in [9.17, 15) is 0 Å². The van der Waals surface area contributed by atoms with E-state index >= 15 is 0 Å². The van der Waals surface area contributed by atoms with Gasteiger partial charge in [0.1, 0.15) is 11.6 Å². The van der Waals surface area contributed by atoms with Gasteiger partial charge in [0.25, 0.3) is 0 Å². The molecule has 0 bridgehead atoms. The molecule has 0 heterocycles. The molecule has 3 N–H and O–H groups in total. The second-order valence-corrected chi connectivity index (χ2v) is 4.34. The number of ether oxygens (including phenoxy) is 1. The van der Waals surface area contributed by atoms with E-state index in [1.807, 2.05) is 6.92 Å². The molecule has 0 radical (unpaired) electrons. The molecule has 0 aliphatic rings. The molecule has 0 amide bonds. The molecule has 15 heavy (non-hydrogen) atoms. The molecule has 0 aromatic heterocycles. The van der Waals surface area contributed by atoms with Gasteiger partial charge in [0.2, 0.25) is 0 Å². The smallest absolute Gasteiger partial charge is 0.155 e. The Bertz CT molecular complexity index is 370. The topological polar surface area (TPSA) is 59.1 Å². The molecular formula is C10H12BrClN2O. The molecule has 1 aromatic rings. The monoisotopic (exact) mass is 290 g/mol. The summed E-state index contributed by atoms with van der Waals surface area (Å²) < 4.78 is 6.31. The van der Waals surface area contributed by atoms with Gasteiger partial charge in [-0.3, -0.25) is 5.41 Å². The zero-order valence-electron chi connectivity index (χ0n) is 8.26. The summed E-state index contributed by atoms with van der Waals surface area (Å²) in [5, 5.41) is 7.95. The first-order valence-electron chi connectivity index (χ1n) is 4.50. The van der Waals surface area contributed by atoms with Crippen molar-refractivity contribution >= 4 is 33.4 Å². The van der Waals surface area contributed by atoms with Gasteiger partial charge in [-0.2, -0.15) is 0 Å². The molecule has 0 spiro atoms. The molecule has 3 nitrogen and oxygen atoms in total. The number of amidine groups is 1. The molecule has 82 valence electrons. The lowest BCUT2D eigenvalue weighted by molar-refractivity contribution is 0.259. The standard InChI is InChI=1S/C10H12BrClN2O/c1-2-8(10(13)14)15-9-4-3-6(12)5-7(9)11/h3-5,8H,2H2,1H3,(H3,13,14). The molecule has 1 atom stereocenters. The zero-order chi connectivity index (χ0) is 11.4. The van der Waals surface area contributed by atoms with Crippen molar-refractivity contribution in [1.29, 1.82) is 5.41 Å². The summed E-state index contributed by atoms with van der Waals surface area (Å²) in [6, 6.07) is 5.22. The van der Waals surface area contributed by atoms with Crippen LogP contribution in [0.25, 0.3) is 0 Å². The molecule has 1 rings (SSSR count). The van der Waals surface area contributed by atoms with Crippen molar-refractivity contribution in [1.82, 2.24) is 0 Å². The van der Waals surface area contributed by atoms with Crippen LogP contribution in [0, 0.1) is 5.41 Å². The first-order valence-corrected chi connectivity index (χ1v) is 5.67. The van der Waals surface area contributed by atoms with Gasteiger partial charge in [-0.15, -0.1) is 0 Å². The summed E-state index contributed by atoms with van der Waals surface area (Å²) in [5.74, 6) is 0.667. The van der Waals surface area contributed by atoms with E-state index in [0.717, 1.165) is 4.47 Å². The van der Waals surface area contributed by atoms with E-state index in [1.54, 1.807) is 18.2 Å². The van der Waals surface area contributed by atoms with Gasteiger partial charge in [-0.05, 0) is 40.5 Å². The summed E-state index contributed by atoms with van der Waals surface area (Å²) in [6.45, 7) is 1.91. The molecule has 1 unspecified atom stereocenters. The Labute approximate surface area is 102 Å². The lowest BCUT2D eigenvalue weighted by Crippen LogP contribution is -2.32. The number of benzene rings is 1. The maximum atomic E-state index is 7.33. The third kappa shape index (κ3) is 3.39. The van der Waals surface area contributed by atoms with E-state index in [-0.39, 0.29) is 11.9 Å². The van der Waals surface area contributed by atoms with Gasteiger partial charge in [-0.1, -0.05) is 18.5 Å². The average Bonchev–Trinajstić information content (AvgIpc) is 2.16. The van der Waals surface area contributed by atoms with E-state index < -0.39 is 0 Å². The number of hydrogen-bond donors (Lipinski definition) is 2. The van der Waals surface area contributed by atoms with Crippen LogP contribution in [-0.2, 0) is 0 Å². The molecule has 0 aliphatic carbocycles. The maximum Gasteiger partial charge on any atom is 0.155 e. The highest BCUT2D eigenvalue weighted by atomic mass is 79.9. The summed E-state index contributed by atoms with van der Waals surface area (Å²) >= 11 is 9.13. The van der Waals surface area contributed by atoms with Gasteiger partial charge in [0, 0.05) is 5.02 Å². The highest BCUT2D eigenvalue weighted by molar-refractivity contribution is 9.10. The summed E-state index contributed by atoms with van der Waals surface area (Å²) in [6.07, 6.45) is 0.271. The van der Waals surface area contributed by atoms with Crippen LogP contribution in [0.5, 0.6) is 5.75 Å². The van der Waals surface area contributed by atoms with Crippen molar-refractivity contribution in [2.75, 3.05) is 0 Å². The molecule has 0 saturated heterocycles. The van der Waals surface area contributed by atoms with E-state index in [2.05, 4.69) is 15.9 Å². The fraction of sp³-hybridized carbons (Fsp3) is 0.300. The minimum atomic E-state index is -0.387. The average molecular weight is 292 g/mol. The summed E-state index contributed by atoms with van der Waals surface area (Å²) in [5.41, 5.74) is 5.39. The van der Waals surface area contributed by atoms with E-state index in [4.69, 9.17) is 27.5 Å². The Hall–Kier alpha value is -0.740. The van der Waals surface area contributed by atoms with Gasteiger partial charge < -0.3 is 10.5 Å². The third-order valence-electron chi connectivity index (χ3n) is 1.88. The van der Waals surface area contributed by atoms with Crippen molar-refractivity contribution in [2.24, 2.45) is 5.73 Å². The van der Waals surface area contributed by atoms with Crippen LogP contribution >= 0.6 is 27.5 Å². The SMILES string of the molecule is CCC(Oc1ccc(Cl)cc1Br)C(=N)N. The lowest BCUT2D eigenvalue weighted by Gasteiger charge is -2.16. The quantitative estimate of drug-likeness (QED) is 0.661. The predicted octanol–water partition coefficient (Wildman–Crippen LogP) is 3.20. The minimum absolute atomic E-state index is 0.0272. The Morgan fingerprint density at radius 3 is 2.80 bits per heavy atom. The fourth-order valence-corrected chi connectivity index (χ4v) is 1.87. The minimum Gasteiger partial charge on any atom is -0.481 e. The summed E-state index contributed by atoms with van der Waals surface area (Å²) in [4.78, 5) is 0. The number of halogens is 2. The normalized spacial score (nSPS) is 12.2. The van der Waals surface area contributed by atoms with Crippen molar-refractivity contribution in [2.45, 2.75) is 19.4 Å². The van der Waals surface area contributed by atoms with Crippen molar-refractivity contribution in [3.8, 4) is 5.75 Å². The Morgan fingerprint density at radius 1 is 1.67 bits per heavy atom. The first kappa shape index (κ1) is 12.3. The zero-order valence-corrected chi connectivity index (χ0v) is 10.6. The number of hydrogen-bond acceptors (Lipinski definition) is 2. The van der Waals surface area contributed by atoms with Gasteiger partial charge in [-0.25, -0.2) is 0 Å². The highest BCUT2D eigenvalue weighted by Gasteiger charge is 2.13. The maximum absolute atomic E-state index is 7.33. The Morgan fingerprint density at radius 2 is 2.33 bits per heavy atom. The van der Waals surface area contributed by atoms with E-state index in [0.29, 0.717) is 17.2 Å². The first-order chi connectivity index (χ1) is 7.04. The van der Waals surface area contributed by atoms with Gasteiger partial charge >= 0.3 is 0 Å². The van der Waals surface area contributed by atoms with Crippen LogP contribution in [0.2, 0.25) is 5.02 Å². The number of nitrogens with two attached hydrogens (primary N) is 1. The van der Waals surface area contributed by atoms with Crippen LogP contribution in [0.15, 0.2) is 22.7 Å². The van der Waals surface area contributed by atoms with Crippen molar-refractivity contribution < 1.29 is 4.74 Å². The van der Waals surface area contributed by atoms with Gasteiger partial charge in [0.05, 0.1) is 4.47 Å². The Kier molecular flexibility index (Phi) is 4.42. The molecule has 0 aliphatic heterocycles. The van der Waals surface area contributed by atoms with Crippen LogP contribution in [0.3, 0.4) is 0 Å². The molecule has 1 aromatic carbocycles. The molecule has 0 saturated carbocycles. The Balaban J connectivity index is 2.84. The van der Waals surface area contributed by atoms with Crippen molar-refractivity contribution in [3.05, 3.63) is 27.7 Å². The van der Waals surface area contributed by atoms with Crippen LogP contribution < -0.4 is 10.5 Å². The highest BCUT2D eigenvalue weighted by Crippen LogP contribution is 2.29. The fourth-order valence-electron chi connectivity index (χ4n) is 1.09. The molecule has 5 heteroatoms. The van der Waals surface area contributed by atoms with E-state index in [1.165, 1.54) is 0 Å². The van der Waals surface area contributed by atoms with Crippen LogP contribution in [0.4, 0.5) is 0 Å².